The van der Waals surface area contributed by atoms with Gasteiger partial charge in [0.1, 0.15) is 6.61 Å². The van der Waals surface area contributed by atoms with E-state index in [2.05, 4.69) is 10.7 Å². The highest BCUT2D eigenvalue weighted by molar-refractivity contribution is 4.82. The van der Waals surface area contributed by atoms with Crippen molar-refractivity contribution in [3.05, 3.63) is 0 Å². The van der Waals surface area contributed by atoms with Gasteiger partial charge in [0.2, 0.25) is 0 Å². The molecule has 0 rings (SSSR count). The van der Waals surface area contributed by atoms with Gasteiger partial charge in [-0.1, -0.05) is 5.92 Å². The average Bonchev–Trinajstić information content (AvgIpc) is 1.87. The minimum atomic E-state index is -1.23. The minimum absolute atomic E-state index is 0.249. The molecule has 3 heteroatoms. The van der Waals surface area contributed by atoms with Crippen molar-refractivity contribution in [2.45, 2.75) is 13.3 Å². The molecule has 1 unspecified atom stereocenters. The summed E-state index contributed by atoms with van der Waals surface area (Å²) >= 11 is 0. The Bertz CT molecular complexity index is 107. The van der Waals surface area contributed by atoms with Crippen LogP contribution in [0.4, 0.5) is 4.39 Å². The van der Waals surface area contributed by atoms with Crippen LogP contribution in [0.1, 0.15) is 6.92 Å². The molecule has 0 spiro atoms. The summed E-state index contributed by atoms with van der Waals surface area (Å²) in [6.45, 7) is 2.17. The second-order valence-corrected chi connectivity index (χ2v) is 1.67. The van der Waals surface area contributed by atoms with E-state index in [0.717, 1.165) is 0 Å². The van der Waals surface area contributed by atoms with Crippen LogP contribution in [0.15, 0.2) is 0 Å². The largest absolute Gasteiger partial charge is 0.366 e. The number of terminal acetylenes is 1. The van der Waals surface area contributed by atoms with Gasteiger partial charge in [0.25, 0.3) is 0 Å². The molecule has 0 heterocycles. The van der Waals surface area contributed by atoms with E-state index in [1.807, 2.05) is 0 Å². The Balaban J connectivity index is 2.86. The predicted molar refractivity (Wildman–Crippen MR) is 36.2 cm³/mol. The number of hydrogen-bond acceptors (Lipinski definition) is 2. The van der Waals surface area contributed by atoms with E-state index >= 15 is 0 Å². The Hall–Kier alpha value is -0.590. The average molecular weight is 146 g/mol. The quantitative estimate of drug-likeness (QED) is 0.425. The SMILES string of the molecule is C#CCOCCOC(C)F. The fourth-order valence-electron chi connectivity index (χ4n) is 0.401. The van der Waals surface area contributed by atoms with Gasteiger partial charge >= 0.3 is 0 Å². The third-order valence-corrected chi connectivity index (χ3v) is 0.761. The van der Waals surface area contributed by atoms with Crippen LogP contribution in [0.2, 0.25) is 0 Å². The Morgan fingerprint density at radius 2 is 2.30 bits per heavy atom. The first-order chi connectivity index (χ1) is 4.77. The van der Waals surface area contributed by atoms with Crippen molar-refractivity contribution in [1.82, 2.24) is 0 Å². The van der Waals surface area contributed by atoms with Gasteiger partial charge in [0.05, 0.1) is 13.2 Å². The van der Waals surface area contributed by atoms with Crippen molar-refractivity contribution in [3.8, 4) is 12.3 Å². The maximum Gasteiger partial charge on any atom is 0.195 e. The van der Waals surface area contributed by atoms with Gasteiger partial charge in [0, 0.05) is 0 Å². The lowest BCUT2D eigenvalue weighted by atomic mass is 10.7. The number of ether oxygens (including phenoxy) is 2. The van der Waals surface area contributed by atoms with Crippen molar-refractivity contribution in [3.63, 3.8) is 0 Å². The third-order valence-electron chi connectivity index (χ3n) is 0.761. The van der Waals surface area contributed by atoms with Crippen LogP contribution in [0.25, 0.3) is 0 Å². The van der Waals surface area contributed by atoms with Gasteiger partial charge in [-0.25, -0.2) is 4.39 Å². The van der Waals surface area contributed by atoms with Crippen molar-refractivity contribution >= 4 is 0 Å². The highest BCUT2D eigenvalue weighted by Gasteiger charge is 1.94. The molecular formula is C7H11FO2. The number of halogens is 1. The first-order valence-electron chi connectivity index (χ1n) is 3.04. The monoisotopic (exact) mass is 146 g/mol. The van der Waals surface area contributed by atoms with Crippen molar-refractivity contribution in [2.75, 3.05) is 19.8 Å². The highest BCUT2D eigenvalue weighted by Crippen LogP contribution is 1.89. The summed E-state index contributed by atoms with van der Waals surface area (Å²) in [5.74, 6) is 2.28. The van der Waals surface area contributed by atoms with Crippen LogP contribution < -0.4 is 0 Å². The smallest absolute Gasteiger partial charge is 0.195 e. The summed E-state index contributed by atoms with van der Waals surface area (Å²) in [6.07, 6.45) is 3.65. The van der Waals surface area contributed by atoms with Crippen LogP contribution in [0, 0.1) is 12.3 Å². The van der Waals surface area contributed by atoms with Crippen LogP contribution in [-0.2, 0) is 9.47 Å². The molecule has 0 aromatic heterocycles. The topological polar surface area (TPSA) is 18.5 Å². The van der Waals surface area contributed by atoms with Crippen molar-refractivity contribution in [1.29, 1.82) is 0 Å². The van der Waals surface area contributed by atoms with Crippen LogP contribution in [0.5, 0.6) is 0 Å². The van der Waals surface area contributed by atoms with E-state index in [-0.39, 0.29) is 13.2 Å². The molecule has 0 radical (unpaired) electrons. The molecule has 0 saturated heterocycles. The molecule has 0 aromatic rings. The molecule has 0 N–H and O–H groups in total. The second kappa shape index (κ2) is 6.53. The van der Waals surface area contributed by atoms with E-state index in [0.29, 0.717) is 6.61 Å². The second-order valence-electron chi connectivity index (χ2n) is 1.67. The van der Waals surface area contributed by atoms with Gasteiger partial charge in [0.15, 0.2) is 6.36 Å². The maximum absolute atomic E-state index is 11.9. The highest BCUT2D eigenvalue weighted by atomic mass is 19.1. The van der Waals surface area contributed by atoms with Crippen LogP contribution in [0.3, 0.4) is 0 Å². The Morgan fingerprint density at radius 1 is 1.60 bits per heavy atom. The molecule has 10 heavy (non-hydrogen) atoms. The lowest BCUT2D eigenvalue weighted by molar-refractivity contribution is -0.0461. The molecule has 0 aliphatic rings. The van der Waals surface area contributed by atoms with E-state index in [4.69, 9.17) is 11.2 Å². The third kappa shape index (κ3) is 7.41. The van der Waals surface area contributed by atoms with Gasteiger partial charge in [-0.05, 0) is 6.92 Å². The Labute approximate surface area is 60.3 Å². The van der Waals surface area contributed by atoms with E-state index < -0.39 is 6.36 Å². The first-order valence-corrected chi connectivity index (χ1v) is 3.04. The molecule has 0 aliphatic heterocycles. The van der Waals surface area contributed by atoms with Crippen LogP contribution in [-0.4, -0.2) is 26.2 Å². The van der Waals surface area contributed by atoms with Gasteiger partial charge in [-0.15, -0.1) is 6.42 Å². The fourth-order valence-corrected chi connectivity index (χ4v) is 0.401. The zero-order valence-electron chi connectivity index (χ0n) is 5.97. The van der Waals surface area contributed by atoms with Gasteiger partial charge in [-0.2, -0.15) is 0 Å². The molecule has 0 amide bonds. The van der Waals surface area contributed by atoms with Gasteiger partial charge in [-0.3, -0.25) is 0 Å². The fraction of sp³-hybridized carbons (Fsp3) is 0.714. The van der Waals surface area contributed by atoms with Gasteiger partial charge < -0.3 is 9.47 Å². The van der Waals surface area contributed by atoms with Crippen molar-refractivity contribution in [2.24, 2.45) is 0 Å². The summed E-state index contributed by atoms with van der Waals surface area (Å²) in [7, 11) is 0. The number of rotatable bonds is 5. The summed E-state index contributed by atoms with van der Waals surface area (Å²) < 4.78 is 21.2. The molecule has 0 fully saturated rings. The Kier molecular flexibility index (Phi) is 6.14. The Morgan fingerprint density at radius 3 is 2.80 bits per heavy atom. The molecule has 2 nitrogen and oxygen atoms in total. The molecule has 58 valence electrons. The predicted octanol–water partition coefficient (Wildman–Crippen LogP) is 0.968. The summed E-state index contributed by atoms with van der Waals surface area (Å²) in [5, 5.41) is 0. The zero-order chi connectivity index (χ0) is 7.82. The first kappa shape index (κ1) is 9.41. The maximum atomic E-state index is 11.9. The standard InChI is InChI=1S/C7H11FO2/c1-3-4-9-5-6-10-7(2)8/h1,7H,4-6H2,2H3. The molecule has 1 atom stereocenters. The van der Waals surface area contributed by atoms with Crippen molar-refractivity contribution < 1.29 is 13.9 Å². The molecule has 0 aliphatic carbocycles. The van der Waals surface area contributed by atoms with E-state index in [9.17, 15) is 4.39 Å². The molecule has 0 aromatic carbocycles. The summed E-state index contributed by atoms with van der Waals surface area (Å²) in [4.78, 5) is 0. The molecule has 0 saturated carbocycles. The summed E-state index contributed by atoms with van der Waals surface area (Å²) in [5.41, 5.74) is 0. The lowest BCUT2D eigenvalue weighted by Crippen LogP contribution is -2.08. The normalized spacial score (nSPS) is 12.5. The number of hydrogen-bond donors (Lipinski definition) is 0. The van der Waals surface area contributed by atoms with E-state index in [1.165, 1.54) is 6.92 Å². The van der Waals surface area contributed by atoms with E-state index in [1.54, 1.807) is 0 Å². The summed E-state index contributed by atoms with van der Waals surface area (Å²) in [6, 6.07) is 0. The molecular weight excluding hydrogens is 135 g/mol. The van der Waals surface area contributed by atoms with Crippen LogP contribution >= 0.6 is 0 Å². The minimum Gasteiger partial charge on any atom is -0.366 e. The number of alkyl halides is 1. The molecule has 0 bridgehead atoms. The zero-order valence-corrected chi connectivity index (χ0v) is 5.97. The lowest BCUT2D eigenvalue weighted by Gasteiger charge is -2.03.